The molecule has 0 unspecified atom stereocenters. The number of hydrogen-bond donors (Lipinski definition) is 1. The van der Waals surface area contributed by atoms with Crippen molar-refractivity contribution in [3.63, 3.8) is 0 Å². The summed E-state index contributed by atoms with van der Waals surface area (Å²) in [5.41, 5.74) is -0.692. The predicted octanol–water partition coefficient (Wildman–Crippen LogP) is 0.457. The Morgan fingerprint density at radius 1 is 1.62 bits per heavy atom. The molecule has 0 radical (unpaired) electrons. The van der Waals surface area contributed by atoms with Crippen LogP contribution >= 0.6 is 0 Å². The summed E-state index contributed by atoms with van der Waals surface area (Å²) in [7, 11) is 0. The summed E-state index contributed by atoms with van der Waals surface area (Å²) in [6.45, 7) is 2.79. The molecular weight excluding hydrogens is 170 g/mol. The molecule has 4 heteroatoms. The van der Waals surface area contributed by atoms with E-state index in [-0.39, 0.29) is 19.3 Å². The minimum absolute atomic E-state index is 0.0390. The molecule has 1 aliphatic carbocycles. The summed E-state index contributed by atoms with van der Waals surface area (Å²) in [6, 6.07) is 2.12. The van der Waals surface area contributed by atoms with Crippen molar-refractivity contribution >= 4 is 0 Å². The first-order chi connectivity index (χ1) is 6.26. The van der Waals surface area contributed by atoms with Crippen molar-refractivity contribution in [1.29, 1.82) is 5.26 Å². The van der Waals surface area contributed by atoms with Crippen LogP contribution in [0, 0.1) is 11.3 Å². The fraction of sp³-hybridized carbons (Fsp3) is 0.889. The Hall–Kier alpha value is -0.630. The number of nitriles is 1. The first-order valence-electron chi connectivity index (χ1n) is 4.54. The second-order valence-electron chi connectivity index (χ2n) is 3.16. The van der Waals surface area contributed by atoms with Gasteiger partial charge in [0.25, 0.3) is 0 Å². The Balaban J connectivity index is 2.28. The average Bonchev–Trinajstić information content (AvgIpc) is 2.09. The second-order valence-corrected chi connectivity index (χ2v) is 3.16. The Kier molecular flexibility index (Phi) is 3.67. The van der Waals surface area contributed by atoms with Crippen molar-refractivity contribution in [2.24, 2.45) is 0 Å². The van der Waals surface area contributed by atoms with Gasteiger partial charge in [-0.1, -0.05) is 0 Å². The molecule has 1 aliphatic rings. The number of aliphatic hydroxyl groups excluding tert-OH is 1. The van der Waals surface area contributed by atoms with Crippen LogP contribution in [-0.4, -0.2) is 36.6 Å². The predicted molar refractivity (Wildman–Crippen MR) is 46.0 cm³/mol. The smallest absolute Gasteiger partial charge is 0.159 e. The Morgan fingerprint density at radius 2 is 2.31 bits per heavy atom. The number of aliphatic hydroxyl groups is 1. The van der Waals surface area contributed by atoms with Crippen LogP contribution in [0.25, 0.3) is 0 Å². The minimum Gasteiger partial charge on any atom is -0.394 e. The summed E-state index contributed by atoms with van der Waals surface area (Å²) in [5.74, 6) is 0. The van der Waals surface area contributed by atoms with Crippen molar-refractivity contribution in [3.8, 4) is 6.07 Å². The topological polar surface area (TPSA) is 62.5 Å². The lowest BCUT2D eigenvalue weighted by Gasteiger charge is -2.41. The lowest BCUT2D eigenvalue weighted by molar-refractivity contribution is -0.143. The van der Waals surface area contributed by atoms with E-state index in [0.717, 1.165) is 0 Å². The molecule has 1 rings (SSSR count). The van der Waals surface area contributed by atoms with E-state index < -0.39 is 5.60 Å². The zero-order chi connectivity index (χ0) is 9.73. The van der Waals surface area contributed by atoms with E-state index in [2.05, 4.69) is 6.07 Å². The van der Waals surface area contributed by atoms with Gasteiger partial charge in [-0.2, -0.15) is 5.26 Å². The molecule has 0 aliphatic heterocycles. The summed E-state index contributed by atoms with van der Waals surface area (Å²) in [4.78, 5) is 0. The van der Waals surface area contributed by atoms with Crippen LogP contribution in [0.2, 0.25) is 0 Å². The van der Waals surface area contributed by atoms with Crippen LogP contribution in [0.1, 0.15) is 19.8 Å². The third kappa shape index (κ3) is 2.41. The molecule has 1 fully saturated rings. The van der Waals surface area contributed by atoms with Crippen molar-refractivity contribution in [2.75, 3.05) is 19.8 Å². The zero-order valence-electron chi connectivity index (χ0n) is 7.82. The van der Waals surface area contributed by atoms with Gasteiger partial charge >= 0.3 is 0 Å². The summed E-state index contributed by atoms with van der Waals surface area (Å²) >= 11 is 0. The van der Waals surface area contributed by atoms with Gasteiger partial charge in [0.05, 0.1) is 25.4 Å². The average molecular weight is 185 g/mol. The SMILES string of the molecule is CCOC1CC(C#N)(OCCO)C1. The number of rotatable bonds is 5. The van der Waals surface area contributed by atoms with Gasteiger partial charge in [-0.25, -0.2) is 0 Å². The molecule has 1 saturated carbocycles. The molecule has 0 bridgehead atoms. The highest BCUT2D eigenvalue weighted by molar-refractivity contribution is 5.12. The van der Waals surface area contributed by atoms with E-state index >= 15 is 0 Å². The maximum Gasteiger partial charge on any atom is 0.159 e. The molecule has 0 heterocycles. The highest BCUT2D eigenvalue weighted by Gasteiger charge is 2.46. The van der Waals surface area contributed by atoms with Gasteiger partial charge in [0.1, 0.15) is 0 Å². The Labute approximate surface area is 78.1 Å². The van der Waals surface area contributed by atoms with Gasteiger partial charge < -0.3 is 14.6 Å². The van der Waals surface area contributed by atoms with E-state index in [0.29, 0.717) is 19.4 Å². The van der Waals surface area contributed by atoms with Crippen LogP contribution in [-0.2, 0) is 9.47 Å². The molecule has 1 N–H and O–H groups in total. The molecule has 4 nitrogen and oxygen atoms in total. The maximum absolute atomic E-state index is 8.84. The lowest BCUT2D eigenvalue weighted by Crippen LogP contribution is -2.49. The maximum atomic E-state index is 8.84. The third-order valence-corrected chi connectivity index (χ3v) is 2.19. The Morgan fingerprint density at radius 3 is 2.77 bits per heavy atom. The third-order valence-electron chi connectivity index (χ3n) is 2.19. The quantitative estimate of drug-likeness (QED) is 0.675. The molecule has 0 atom stereocenters. The minimum atomic E-state index is -0.692. The molecule has 0 spiro atoms. The zero-order valence-corrected chi connectivity index (χ0v) is 7.82. The highest BCUT2D eigenvalue weighted by atomic mass is 16.5. The van der Waals surface area contributed by atoms with Crippen molar-refractivity contribution in [3.05, 3.63) is 0 Å². The molecule has 74 valence electrons. The second kappa shape index (κ2) is 4.56. The van der Waals surface area contributed by atoms with Crippen LogP contribution in [0.3, 0.4) is 0 Å². The number of ether oxygens (including phenoxy) is 2. The van der Waals surface area contributed by atoms with E-state index in [9.17, 15) is 0 Å². The summed E-state index contributed by atoms with van der Waals surface area (Å²) in [6.07, 6.45) is 1.40. The molecule has 0 saturated heterocycles. The standard InChI is InChI=1S/C9H15NO3/c1-2-12-8-5-9(6-8,7-10)13-4-3-11/h8,11H,2-6H2,1H3. The number of nitrogens with zero attached hydrogens (tertiary/aromatic N) is 1. The van der Waals surface area contributed by atoms with E-state index in [1.54, 1.807) is 0 Å². The van der Waals surface area contributed by atoms with E-state index in [4.69, 9.17) is 19.8 Å². The highest BCUT2D eigenvalue weighted by Crippen LogP contribution is 2.37. The van der Waals surface area contributed by atoms with Gasteiger partial charge in [-0.3, -0.25) is 0 Å². The molecular formula is C9H15NO3. The first kappa shape index (κ1) is 10.5. The van der Waals surface area contributed by atoms with Crippen molar-refractivity contribution in [2.45, 2.75) is 31.5 Å². The summed E-state index contributed by atoms with van der Waals surface area (Å²) < 4.78 is 10.6. The van der Waals surface area contributed by atoms with E-state index in [1.807, 2.05) is 6.92 Å². The fourth-order valence-electron chi connectivity index (χ4n) is 1.51. The Bertz CT molecular complexity index is 194. The van der Waals surface area contributed by atoms with Gasteiger partial charge in [0, 0.05) is 19.4 Å². The van der Waals surface area contributed by atoms with E-state index in [1.165, 1.54) is 0 Å². The largest absolute Gasteiger partial charge is 0.394 e. The van der Waals surface area contributed by atoms with Gasteiger partial charge in [0.2, 0.25) is 0 Å². The monoisotopic (exact) mass is 185 g/mol. The molecule has 13 heavy (non-hydrogen) atoms. The number of hydrogen-bond acceptors (Lipinski definition) is 4. The van der Waals surface area contributed by atoms with Crippen LogP contribution in [0.5, 0.6) is 0 Å². The summed E-state index contributed by atoms with van der Waals surface area (Å²) in [5, 5.41) is 17.4. The van der Waals surface area contributed by atoms with Crippen molar-refractivity contribution in [1.82, 2.24) is 0 Å². The van der Waals surface area contributed by atoms with Gasteiger partial charge in [0.15, 0.2) is 5.60 Å². The van der Waals surface area contributed by atoms with Crippen LogP contribution < -0.4 is 0 Å². The first-order valence-corrected chi connectivity index (χ1v) is 4.54. The van der Waals surface area contributed by atoms with Crippen molar-refractivity contribution < 1.29 is 14.6 Å². The molecule has 0 amide bonds. The van der Waals surface area contributed by atoms with Crippen LogP contribution in [0.15, 0.2) is 0 Å². The van der Waals surface area contributed by atoms with Gasteiger partial charge in [-0.05, 0) is 6.92 Å². The molecule has 0 aromatic heterocycles. The molecule has 0 aromatic carbocycles. The van der Waals surface area contributed by atoms with Gasteiger partial charge in [-0.15, -0.1) is 0 Å². The fourth-order valence-corrected chi connectivity index (χ4v) is 1.51. The molecule has 0 aromatic rings. The normalized spacial score (nSPS) is 32.2. The lowest BCUT2D eigenvalue weighted by atomic mass is 9.78. The van der Waals surface area contributed by atoms with Crippen LogP contribution in [0.4, 0.5) is 0 Å².